The molecule has 0 aliphatic heterocycles. The Hall–Kier alpha value is -1.14. The predicted octanol–water partition coefficient (Wildman–Crippen LogP) is -1.45. The van der Waals surface area contributed by atoms with Gasteiger partial charge in [0.15, 0.2) is 0 Å². The maximum absolute atomic E-state index is 11.1. The Morgan fingerprint density at radius 2 is 2.07 bits per heavy atom. The molecule has 0 saturated heterocycles. The highest BCUT2D eigenvalue weighted by atomic mass is 16.4. The van der Waals surface area contributed by atoms with Crippen molar-refractivity contribution < 1.29 is 19.8 Å². The molecule has 4 N–H and O–H groups in total. The summed E-state index contributed by atoms with van der Waals surface area (Å²) >= 11 is 0. The van der Waals surface area contributed by atoms with Gasteiger partial charge in [0.25, 0.3) is 0 Å². The number of nitrogens with one attached hydrogen (secondary N) is 2. The van der Waals surface area contributed by atoms with Crippen molar-refractivity contribution in [3.8, 4) is 0 Å². The molecule has 1 unspecified atom stereocenters. The summed E-state index contributed by atoms with van der Waals surface area (Å²) in [5.74, 6) is -1.46. The lowest BCUT2D eigenvalue weighted by molar-refractivity contribution is -0.142. The van der Waals surface area contributed by atoms with Gasteiger partial charge in [-0.3, -0.25) is 4.79 Å². The van der Waals surface area contributed by atoms with Crippen LogP contribution in [0.3, 0.4) is 0 Å². The first-order chi connectivity index (χ1) is 6.61. The topological polar surface area (TPSA) is 98.7 Å². The van der Waals surface area contributed by atoms with Crippen LogP contribution in [0.4, 0.5) is 0 Å². The van der Waals surface area contributed by atoms with Gasteiger partial charge in [-0.2, -0.15) is 0 Å². The molecule has 0 saturated carbocycles. The zero-order valence-electron chi connectivity index (χ0n) is 8.12. The minimum atomic E-state index is -1.13. The van der Waals surface area contributed by atoms with Gasteiger partial charge >= 0.3 is 5.97 Å². The zero-order chi connectivity index (χ0) is 11.0. The number of rotatable bonds is 7. The van der Waals surface area contributed by atoms with Gasteiger partial charge in [-0.25, -0.2) is 4.79 Å². The average molecular weight is 204 g/mol. The van der Waals surface area contributed by atoms with Crippen LogP contribution >= 0.6 is 0 Å². The third-order valence-corrected chi connectivity index (χ3v) is 1.65. The fourth-order valence-corrected chi connectivity index (χ4v) is 0.892. The molecule has 0 aliphatic carbocycles. The highest BCUT2D eigenvalue weighted by Gasteiger charge is 2.18. The number of aliphatic carboxylic acids is 1. The summed E-state index contributed by atoms with van der Waals surface area (Å²) in [5.41, 5.74) is 0. The van der Waals surface area contributed by atoms with Gasteiger partial charge in [0.1, 0.15) is 6.04 Å². The number of hydrogen-bond donors (Lipinski definition) is 4. The number of carboxylic acid groups (broad SMARTS) is 1. The van der Waals surface area contributed by atoms with E-state index in [0.717, 1.165) is 0 Å². The van der Waals surface area contributed by atoms with Crippen molar-refractivity contribution in [2.75, 3.05) is 20.2 Å². The molecular formula is C8H16N2O4. The number of aliphatic hydroxyl groups excluding tert-OH is 1. The van der Waals surface area contributed by atoms with E-state index in [2.05, 4.69) is 10.6 Å². The van der Waals surface area contributed by atoms with Crippen molar-refractivity contribution in [2.45, 2.75) is 18.9 Å². The fraction of sp³-hybridized carbons (Fsp3) is 0.750. The van der Waals surface area contributed by atoms with Gasteiger partial charge in [-0.1, -0.05) is 0 Å². The summed E-state index contributed by atoms with van der Waals surface area (Å²) < 4.78 is 0. The molecule has 6 nitrogen and oxygen atoms in total. The second kappa shape index (κ2) is 7.28. The van der Waals surface area contributed by atoms with Crippen molar-refractivity contribution >= 4 is 11.9 Å². The number of hydrogen-bond acceptors (Lipinski definition) is 4. The molecule has 0 aromatic rings. The molecule has 6 heteroatoms. The maximum Gasteiger partial charge on any atom is 0.326 e. The van der Waals surface area contributed by atoms with Crippen LogP contribution in [0.25, 0.3) is 0 Å². The Kier molecular flexibility index (Phi) is 6.69. The number of carbonyl (C=O) groups is 2. The van der Waals surface area contributed by atoms with Crippen LogP contribution in [-0.2, 0) is 9.59 Å². The standard InChI is InChI=1S/C8H16N2O4/c1-9-4-2-7(12)10-6(3-5-11)8(13)14/h6,9,11H,2-5H2,1H3,(H,10,12)(H,13,14). The molecule has 0 fully saturated rings. The van der Waals surface area contributed by atoms with Gasteiger partial charge in [-0.05, 0) is 7.05 Å². The first-order valence-corrected chi connectivity index (χ1v) is 4.39. The van der Waals surface area contributed by atoms with Crippen LogP contribution in [0.15, 0.2) is 0 Å². The minimum Gasteiger partial charge on any atom is -0.480 e. The van der Waals surface area contributed by atoms with Crippen LogP contribution in [0.1, 0.15) is 12.8 Å². The molecule has 1 atom stereocenters. The number of carboxylic acids is 1. The highest BCUT2D eigenvalue weighted by Crippen LogP contribution is 1.92. The summed E-state index contributed by atoms with van der Waals surface area (Å²) in [4.78, 5) is 21.7. The van der Waals surface area contributed by atoms with Crippen LogP contribution in [0.5, 0.6) is 0 Å². The summed E-state index contributed by atoms with van der Waals surface area (Å²) in [6, 6.07) is -0.996. The Morgan fingerprint density at radius 3 is 2.50 bits per heavy atom. The quantitative estimate of drug-likeness (QED) is 0.406. The first kappa shape index (κ1) is 12.9. The van der Waals surface area contributed by atoms with E-state index in [1.54, 1.807) is 7.05 Å². The second-order valence-electron chi connectivity index (χ2n) is 2.82. The van der Waals surface area contributed by atoms with Gasteiger partial charge in [0.2, 0.25) is 5.91 Å². The third kappa shape index (κ3) is 5.50. The van der Waals surface area contributed by atoms with E-state index in [4.69, 9.17) is 10.2 Å². The van der Waals surface area contributed by atoms with Crippen LogP contribution in [-0.4, -0.2) is 48.3 Å². The number of aliphatic hydroxyl groups is 1. The van der Waals surface area contributed by atoms with Crippen LogP contribution in [0.2, 0.25) is 0 Å². The molecule has 0 heterocycles. The molecule has 0 rings (SSSR count). The Bertz CT molecular complexity index is 196. The molecule has 0 bridgehead atoms. The normalized spacial score (nSPS) is 12.1. The lowest BCUT2D eigenvalue weighted by Crippen LogP contribution is -2.42. The molecule has 1 amide bonds. The Balaban J connectivity index is 3.90. The van der Waals surface area contributed by atoms with Crippen molar-refractivity contribution in [1.82, 2.24) is 10.6 Å². The molecule has 0 aliphatic rings. The van der Waals surface area contributed by atoms with Gasteiger partial charge < -0.3 is 20.8 Å². The van der Waals surface area contributed by atoms with E-state index in [0.29, 0.717) is 6.54 Å². The monoisotopic (exact) mass is 204 g/mol. The molecule has 0 radical (unpaired) electrons. The van der Waals surface area contributed by atoms with Gasteiger partial charge in [0, 0.05) is 26.0 Å². The van der Waals surface area contributed by atoms with Crippen LogP contribution < -0.4 is 10.6 Å². The molecule has 0 spiro atoms. The first-order valence-electron chi connectivity index (χ1n) is 4.39. The Morgan fingerprint density at radius 1 is 1.43 bits per heavy atom. The zero-order valence-corrected chi connectivity index (χ0v) is 8.12. The second-order valence-corrected chi connectivity index (χ2v) is 2.82. The number of amides is 1. The molecule has 14 heavy (non-hydrogen) atoms. The number of carbonyl (C=O) groups excluding carboxylic acids is 1. The maximum atomic E-state index is 11.1. The van der Waals surface area contributed by atoms with Crippen molar-refractivity contribution in [3.05, 3.63) is 0 Å². The SMILES string of the molecule is CNCCC(=O)NC(CCO)C(=O)O. The highest BCUT2D eigenvalue weighted by molar-refractivity contribution is 5.83. The van der Waals surface area contributed by atoms with Gasteiger partial charge in [0.05, 0.1) is 0 Å². The molecule has 0 aromatic carbocycles. The van der Waals surface area contributed by atoms with E-state index in [-0.39, 0.29) is 25.4 Å². The molecular weight excluding hydrogens is 188 g/mol. The Labute approximate surface area is 82.3 Å². The van der Waals surface area contributed by atoms with Crippen molar-refractivity contribution in [1.29, 1.82) is 0 Å². The van der Waals surface area contributed by atoms with Crippen molar-refractivity contribution in [3.63, 3.8) is 0 Å². The summed E-state index contributed by atoms with van der Waals surface area (Å²) in [6.45, 7) is 0.237. The average Bonchev–Trinajstić information content (AvgIpc) is 2.14. The van der Waals surface area contributed by atoms with E-state index in [9.17, 15) is 9.59 Å². The van der Waals surface area contributed by atoms with E-state index >= 15 is 0 Å². The molecule has 0 aromatic heterocycles. The smallest absolute Gasteiger partial charge is 0.326 e. The largest absolute Gasteiger partial charge is 0.480 e. The van der Waals surface area contributed by atoms with Crippen molar-refractivity contribution in [2.24, 2.45) is 0 Å². The minimum absolute atomic E-state index is 0.0284. The summed E-state index contributed by atoms with van der Waals surface area (Å²) in [6.07, 6.45) is 0.256. The lowest BCUT2D eigenvalue weighted by atomic mass is 10.2. The van der Waals surface area contributed by atoms with E-state index < -0.39 is 12.0 Å². The summed E-state index contributed by atoms with van der Waals surface area (Å²) in [5, 5.41) is 22.3. The third-order valence-electron chi connectivity index (χ3n) is 1.65. The van der Waals surface area contributed by atoms with E-state index in [1.807, 2.05) is 0 Å². The predicted molar refractivity (Wildman–Crippen MR) is 49.8 cm³/mol. The molecule has 82 valence electrons. The summed E-state index contributed by atoms with van der Waals surface area (Å²) in [7, 11) is 1.70. The van der Waals surface area contributed by atoms with Gasteiger partial charge in [-0.15, -0.1) is 0 Å². The lowest BCUT2D eigenvalue weighted by Gasteiger charge is -2.12. The fourth-order valence-electron chi connectivity index (χ4n) is 0.892. The van der Waals surface area contributed by atoms with E-state index in [1.165, 1.54) is 0 Å². The van der Waals surface area contributed by atoms with Crippen LogP contribution in [0, 0.1) is 0 Å².